The Kier molecular flexibility index (Phi) is 9.88. The lowest BCUT2D eigenvalue weighted by Crippen LogP contribution is -2.39. The molecule has 0 unspecified atom stereocenters. The van der Waals surface area contributed by atoms with Crippen LogP contribution in [0.4, 0.5) is 14.6 Å². The zero-order valence-corrected chi connectivity index (χ0v) is 27.4. The van der Waals surface area contributed by atoms with Gasteiger partial charge in [-0.3, -0.25) is 9.36 Å². The Hall–Kier alpha value is -2.87. The number of nitrogens with one attached hydrogen (secondary N) is 1. The van der Waals surface area contributed by atoms with Crippen molar-refractivity contribution in [3.8, 4) is 0 Å². The van der Waals surface area contributed by atoms with Crippen molar-refractivity contribution in [2.75, 3.05) is 18.4 Å². The van der Waals surface area contributed by atoms with Gasteiger partial charge in [0, 0.05) is 36.2 Å². The highest BCUT2D eigenvalue weighted by molar-refractivity contribution is 5.87. The van der Waals surface area contributed by atoms with E-state index in [0.29, 0.717) is 42.3 Å². The summed E-state index contributed by atoms with van der Waals surface area (Å²) >= 11 is 0. The molecule has 5 heterocycles. The van der Waals surface area contributed by atoms with Crippen LogP contribution in [0.1, 0.15) is 126 Å². The fraction of sp³-hybridized carbons (Fsp3) is 0.649. The Bertz CT molecular complexity index is 1500. The molecule has 1 N–H and O–H groups in total. The quantitative estimate of drug-likeness (QED) is 0.311. The topological polar surface area (TPSA) is 63.1 Å². The fourth-order valence-corrected chi connectivity index (χ4v) is 8.09. The molecule has 4 aliphatic rings. The second kappa shape index (κ2) is 13.9. The van der Waals surface area contributed by atoms with Crippen LogP contribution in [-0.2, 0) is 12.5 Å². The van der Waals surface area contributed by atoms with Gasteiger partial charge >= 0.3 is 0 Å². The number of pyridine rings is 1. The Balaban J connectivity index is 1.36. The van der Waals surface area contributed by atoms with E-state index in [9.17, 15) is 4.79 Å². The first-order valence-corrected chi connectivity index (χ1v) is 17.6. The number of anilines is 1. The van der Waals surface area contributed by atoms with E-state index in [1.807, 2.05) is 23.6 Å². The molecule has 1 aliphatic carbocycles. The van der Waals surface area contributed by atoms with Crippen LogP contribution in [0.15, 0.2) is 41.5 Å². The minimum atomic E-state index is -2.86. The van der Waals surface area contributed by atoms with Crippen molar-refractivity contribution in [2.24, 2.45) is 11.8 Å². The molecule has 244 valence electrons. The number of fused-ring (bicyclic) bond motifs is 9. The number of nitrogens with zero attached hydrogens (tertiary/aromatic N) is 4. The highest BCUT2D eigenvalue weighted by atomic mass is 19.3. The number of aromatic nitrogens is 3. The lowest BCUT2D eigenvalue weighted by Gasteiger charge is -2.34. The molecule has 8 heteroatoms. The van der Waals surface area contributed by atoms with Crippen LogP contribution in [0.25, 0.3) is 11.0 Å². The van der Waals surface area contributed by atoms with E-state index in [-0.39, 0.29) is 29.5 Å². The number of halogens is 2. The van der Waals surface area contributed by atoms with Crippen molar-refractivity contribution in [2.45, 2.75) is 128 Å². The summed E-state index contributed by atoms with van der Waals surface area (Å²) in [6.07, 6.45) is 12.7. The SMILES string of the molecule is CC(C)N1CCC(c2cc3c4ncnc3n(c2=O)CCCCCC2CCC(CC2)CCC(F)(F)c2cccc(c2)[C@@H](C)N4)CC1. The van der Waals surface area contributed by atoms with Gasteiger partial charge < -0.3 is 10.2 Å². The van der Waals surface area contributed by atoms with Gasteiger partial charge in [0.25, 0.3) is 11.5 Å². The minimum Gasteiger partial charge on any atom is -0.363 e. The number of hydrogen-bond donors (Lipinski definition) is 1. The maximum Gasteiger partial charge on any atom is 0.273 e. The van der Waals surface area contributed by atoms with Gasteiger partial charge in [0.1, 0.15) is 17.8 Å². The van der Waals surface area contributed by atoms with Gasteiger partial charge in [0.2, 0.25) is 0 Å². The number of rotatable bonds is 2. The maximum atomic E-state index is 15.5. The van der Waals surface area contributed by atoms with Gasteiger partial charge in [0.05, 0.1) is 5.39 Å². The van der Waals surface area contributed by atoms with Gasteiger partial charge in [-0.15, -0.1) is 0 Å². The summed E-state index contributed by atoms with van der Waals surface area (Å²) in [6.45, 7) is 9.05. The van der Waals surface area contributed by atoms with Crippen molar-refractivity contribution in [1.29, 1.82) is 0 Å². The third-order valence-electron chi connectivity index (χ3n) is 11.1. The number of alkyl halides is 2. The predicted octanol–water partition coefficient (Wildman–Crippen LogP) is 8.80. The predicted molar refractivity (Wildman–Crippen MR) is 178 cm³/mol. The summed E-state index contributed by atoms with van der Waals surface area (Å²) < 4.78 is 33.0. The smallest absolute Gasteiger partial charge is 0.273 e. The van der Waals surface area contributed by atoms with Crippen molar-refractivity contribution >= 4 is 16.9 Å². The number of benzene rings is 1. The van der Waals surface area contributed by atoms with Crippen molar-refractivity contribution in [3.05, 3.63) is 63.7 Å². The van der Waals surface area contributed by atoms with Crippen molar-refractivity contribution < 1.29 is 8.78 Å². The lowest BCUT2D eigenvalue weighted by molar-refractivity contribution is -0.0211. The van der Waals surface area contributed by atoms with Crippen LogP contribution < -0.4 is 10.9 Å². The Labute approximate surface area is 267 Å². The zero-order valence-electron chi connectivity index (χ0n) is 27.4. The third kappa shape index (κ3) is 7.26. The van der Waals surface area contributed by atoms with Crippen molar-refractivity contribution in [3.63, 3.8) is 0 Å². The van der Waals surface area contributed by atoms with E-state index in [4.69, 9.17) is 0 Å². The van der Waals surface area contributed by atoms with E-state index in [0.717, 1.165) is 87.4 Å². The van der Waals surface area contributed by atoms with Crippen molar-refractivity contribution in [1.82, 2.24) is 19.4 Å². The molecule has 3 aliphatic heterocycles. The molecule has 2 aromatic heterocycles. The Morgan fingerprint density at radius 3 is 2.36 bits per heavy atom. The minimum absolute atomic E-state index is 0.0786. The summed E-state index contributed by atoms with van der Waals surface area (Å²) in [5.74, 6) is -0.935. The van der Waals surface area contributed by atoms with E-state index >= 15 is 8.78 Å². The number of aryl methyl sites for hydroxylation is 1. The fourth-order valence-electron chi connectivity index (χ4n) is 8.09. The largest absolute Gasteiger partial charge is 0.363 e. The van der Waals surface area contributed by atoms with Crippen LogP contribution in [0, 0.1) is 11.8 Å². The summed E-state index contributed by atoms with van der Waals surface area (Å²) in [5.41, 5.74) is 2.46. The summed E-state index contributed by atoms with van der Waals surface area (Å²) in [6, 6.07) is 9.13. The Morgan fingerprint density at radius 2 is 1.62 bits per heavy atom. The number of piperidine rings is 1. The second-order valence-corrected chi connectivity index (χ2v) is 14.4. The number of likely N-dealkylation sites (tertiary alicyclic amines) is 1. The highest BCUT2D eigenvalue weighted by Crippen LogP contribution is 2.40. The van der Waals surface area contributed by atoms with E-state index in [2.05, 4.69) is 34.0 Å². The molecule has 0 amide bonds. The highest BCUT2D eigenvalue weighted by Gasteiger charge is 2.34. The van der Waals surface area contributed by atoms with E-state index in [1.54, 1.807) is 18.2 Å². The third-order valence-corrected chi connectivity index (χ3v) is 11.1. The van der Waals surface area contributed by atoms with Crippen LogP contribution >= 0.6 is 0 Å². The molecule has 1 saturated heterocycles. The van der Waals surface area contributed by atoms with Gasteiger partial charge in [-0.2, -0.15) is 0 Å². The molecule has 0 radical (unpaired) electrons. The zero-order chi connectivity index (χ0) is 31.6. The van der Waals surface area contributed by atoms with Gasteiger partial charge in [-0.25, -0.2) is 18.7 Å². The molecule has 7 rings (SSSR count). The van der Waals surface area contributed by atoms with Crippen LogP contribution in [0.2, 0.25) is 0 Å². The molecular formula is C37H51F2N5O. The van der Waals surface area contributed by atoms with Gasteiger partial charge in [0.15, 0.2) is 0 Å². The maximum absolute atomic E-state index is 15.5. The first-order valence-electron chi connectivity index (χ1n) is 17.6. The molecule has 1 atom stereocenters. The Morgan fingerprint density at radius 1 is 0.889 bits per heavy atom. The first-order chi connectivity index (χ1) is 21.7. The molecule has 45 heavy (non-hydrogen) atoms. The lowest BCUT2D eigenvalue weighted by atomic mass is 9.77. The molecule has 1 aromatic carbocycles. The van der Waals surface area contributed by atoms with E-state index in [1.165, 1.54) is 12.7 Å². The molecular weight excluding hydrogens is 568 g/mol. The van der Waals surface area contributed by atoms with Gasteiger partial charge in [-0.1, -0.05) is 63.1 Å². The standard InChI is InChI=1S/C37H51F2N5O/c1-25(2)43-20-16-29(17-21-43)32-23-33-34-40-24-41-35(33)44(36(32)45)19-6-4-5-8-27-11-13-28(14-12-27)15-18-37(38,39)31-10-7-9-30(22-31)26(3)42-34/h7,9-10,22-29H,4-6,8,11-21H2,1-3H3,(H,40,41,42)/t26-,27?,28?/m1/s1. The summed E-state index contributed by atoms with van der Waals surface area (Å²) in [7, 11) is 0. The molecule has 8 bridgehead atoms. The average molecular weight is 620 g/mol. The van der Waals surface area contributed by atoms with Crippen LogP contribution in [0.5, 0.6) is 0 Å². The molecule has 2 fully saturated rings. The average Bonchev–Trinajstić information content (AvgIpc) is 3.05. The summed E-state index contributed by atoms with van der Waals surface area (Å²) in [4.78, 5) is 25.9. The summed E-state index contributed by atoms with van der Waals surface area (Å²) in [5, 5.41) is 4.35. The molecule has 3 aromatic rings. The molecule has 0 spiro atoms. The first kappa shape index (κ1) is 32.1. The second-order valence-electron chi connectivity index (χ2n) is 14.4. The monoisotopic (exact) mass is 619 g/mol. The number of hydrogen-bond acceptors (Lipinski definition) is 5. The molecule has 1 saturated carbocycles. The van der Waals surface area contributed by atoms with Crippen LogP contribution in [-0.4, -0.2) is 38.6 Å². The normalized spacial score (nSPS) is 25.7. The van der Waals surface area contributed by atoms with E-state index < -0.39 is 5.92 Å². The molecule has 6 nitrogen and oxygen atoms in total. The van der Waals surface area contributed by atoms with Crippen LogP contribution in [0.3, 0.4) is 0 Å². The van der Waals surface area contributed by atoms with Gasteiger partial charge in [-0.05, 0) is 95.0 Å².